The van der Waals surface area contributed by atoms with Crippen molar-refractivity contribution in [3.63, 3.8) is 0 Å². The molecule has 0 aromatic carbocycles. The molecule has 0 radical (unpaired) electrons. The topological polar surface area (TPSA) is 88.4 Å². The Labute approximate surface area is 173 Å². The van der Waals surface area contributed by atoms with Crippen LogP contribution in [-0.2, 0) is 11.3 Å². The van der Waals surface area contributed by atoms with Gasteiger partial charge in [0.25, 0.3) is 0 Å². The number of rotatable bonds is 3. The number of nitrogens with one attached hydrogen (secondary N) is 1. The molecule has 5 heterocycles. The van der Waals surface area contributed by atoms with Gasteiger partial charge < -0.3 is 15.1 Å². The highest BCUT2D eigenvalue weighted by Gasteiger charge is 2.37. The van der Waals surface area contributed by atoms with Gasteiger partial charge in [-0.15, -0.1) is 0 Å². The van der Waals surface area contributed by atoms with E-state index in [1.165, 1.54) is 6.07 Å². The highest BCUT2D eigenvalue weighted by Crippen LogP contribution is 2.35. The normalized spacial score (nSPS) is 21.1. The van der Waals surface area contributed by atoms with Crippen molar-refractivity contribution in [2.45, 2.75) is 25.4 Å². The molecule has 30 heavy (non-hydrogen) atoms. The summed E-state index contributed by atoms with van der Waals surface area (Å²) < 4.78 is 13.9. The van der Waals surface area contributed by atoms with E-state index < -0.39 is 5.82 Å². The Morgan fingerprint density at radius 2 is 2.00 bits per heavy atom. The highest BCUT2D eigenvalue weighted by molar-refractivity contribution is 6.03. The molecule has 154 valence electrons. The lowest BCUT2D eigenvalue weighted by molar-refractivity contribution is -0.117. The molecular weight excluding hydrogens is 385 g/mol. The largest absolute Gasteiger partial charge is 0.368 e. The third-order valence-corrected chi connectivity index (χ3v) is 6.08. The number of nitriles is 1. The molecule has 2 saturated heterocycles. The molecule has 0 saturated carbocycles. The number of nitrogens with zero attached hydrogens (tertiary/aromatic N) is 6. The summed E-state index contributed by atoms with van der Waals surface area (Å²) in [5.41, 5.74) is 2.38. The number of piperazine rings is 1. The molecule has 2 aromatic rings. The molecule has 0 unspecified atom stereocenters. The Balaban J connectivity index is 1.23. The van der Waals surface area contributed by atoms with Gasteiger partial charge >= 0.3 is 0 Å². The molecule has 3 aliphatic heterocycles. The van der Waals surface area contributed by atoms with E-state index in [-0.39, 0.29) is 17.6 Å². The van der Waals surface area contributed by atoms with E-state index in [0.717, 1.165) is 69.2 Å². The van der Waals surface area contributed by atoms with Gasteiger partial charge in [0.15, 0.2) is 17.3 Å². The summed E-state index contributed by atoms with van der Waals surface area (Å²) in [4.78, 5) is 27.4. The van der Waals surface area contributed by atoms with Crippen molar-refractivity contribution in [3.05, 3.63) is 41.6 Å². The molecule has 1 atom stereocenters. The highest BCUT2D eigenvalue weighted by atomic mass is 19.1. The standard InChI is InChI=1S/C21H22FN7O/c22-16-9-15(12-24-18(16)10-23)28-6-4-27(5-7-28)13-14-8-17-20(25-11-14)29-3-1-2-19(29)21(30)26-17/h8-9,11-12,19H,1-7,13H2,(H,26,30)/t19-/m0/s1. The average Bonchev–Trinajstić information content (AvgIpc) is 3.25. The molecule has 5 rings (SSSR count). The van der Waals surface area contributed by atoms with E-state index in [9.17, 15) is 9.18 Å². The molecule has 9 heteroatoms. The fourth-order valence-corrected chi connectivity index (χ4v) is 4.52. The van der Waals surface area contributed by atoms with Crippen LogP contribution >= 0.6 is 0 Å². The predicted molar refractivity (Wildman–Crippen MR) is 110 cm³/mol. The van der Waals surface area contributed by atoms with Crippen LogP contribution in [-0.4, -0.2) is 59.5 Å². The Bertz CT molecular complexity index is 1030. The molecule has 2 aromatic heterocycles. The average molecular weight is 407 g/mol. The first kappa shape index (κ1) is 18.8. The Morgan fingerprint density at radius 3 is 2.77 bits per heavy atom. The first-order valence-corrected chi connectivity index (χ1v) is 10.2. The Hall–Kier alpha value is -3.25. The first-order chi connectivity index (χ1) is 14.6. The van der Waals surface area contributed by atoms with E-state index in [4.69, 9.17) is 5.26 Å². The summed E-state index contributed by atoms with van der Waals surface area (Å²) >= 11 is 0. The van der Waals surface area contributed by atoms with Gasteiger partial charge in [-0.2, -0.15) is 5.26 Å². The SMILES string of the molecule is N#Cc1ncc(N2CCN(Cc3cnc4c(c3)NC(=O)[C@@H]3CCCN43)CC2)cc1F. The summed E-state index contributed by atoms with van der Waals surface area (Å²) in [6, 6.07) is 5.08. The Morgan fingerprint density at radius 1 is 1.17 bits per heavy atom. The number of pyridine rings is 2. The van der Waals surface area contributed by atoms with Crippen molar-refractivity contribution in [2.24, 2.45) is 0 Å². The number of anilines is 3. The van der Waals surface area contributed by atoms with Gasteiger partial charge in [-0.05, 0) is 24.5 Å². The van der Waals surface area contributed by atoms with Gasteiger partial charge in [-0.1, -0.05) is 0 Å². The molecule has 0 spiro atoms. The van der Waals surface area contributed by atoms with E-state index in [1.807, 2.05) is 12.3 Å². The van der Waals surface area contributed by atoms with Gasteiger partial charge in [0.2, 0.25) is 5.91 Å². The molecule has 1 N–H and O–H groups in total. The van der Waals surface area contributed by atoms with Crippen LogP contribution in [0.25, 0.3) is 0 Å². The van der Waals surface area contributed by atoms with Gasteiger partial charge in [0.05, 0.1) is 17.6 Å². The van der Waals surface area contributed by atoms with Crippen molar-refractivity contribution in [3.8, 4) is 6.07 Å². The van der Waals surface area contributed by atoms with Crippen LogP contribution in [0.2, 0.25) is 0 Å². The minimum Gasteiger partial charge on any atom is -0.368 e. The lowest BCUT2D eigenvalue weighted by Gasteiger charge is -2.36. The van der Waals surface area contributed by atoms with E-state index in [1.54, 1.807) is 12.3 Å². The van der Waals surface area contributed by atoms with Crippen molar-refractivity contribution in [1.82, 2.24) is 14.9 Å². The lowest BCUT2D eigenvalue weighted by atomic mass is 10.1. The van der Waals surface area contributed by atoms with E-state index >= 15 is 0 Å². The number of amides is 1. The fourth-order valence-electron chi connectivity index (χ4n) is 4.52. The van der Waals surface area contributed by atoms with Gasteiger partial charge in [0, 0.05) is 51.5 Å². The molecule has 0 bridgehead atoms. The van der Waals surface area contributed by atoms with Crippen LogP contribution < -0.4 is 15.1 Å². The van der Waals surface area contributed by atoms with Crippen LogP contribution in [0.4, 0.5) is 21.6 Å². The number of carbonyl (C=O) groups excluding carboxylic acids is 1. The maximum absolute atomic E-state index is 13.9. The smallest absolute Gasteiger partial charge is 0.247 e. The fraction of sp³-hybridized carbons (Fsp3) is 0.429. The molecular formula is C21H22FN7O. The molecule has 3 aliphatic rings. The zero-order chi connectivity index (χ0) is 20.7. The second-order valence-corrected chi connectivity index (χ2v) is 7.95. The quantitative estimate of drug-likeness (QED) is 0.829. The van der Waals surface area contributed by atoms with Gasteiger partial charge in [0.1, 0.15) is 12.1 Å². The van der Waals surface area contributed by atoms with Crippen LogP contribution in [0, 0.1) is 17.1 Å². The van der Waals surface area contributed by atoms with Gasteiger partial charge in [-0.25, -0.2) is 14.4 Å². The number of fused-ring (bicyclic) bond motifs is 3. The zero-order valence-electron chi connectivity index (χ0n) is 16.5. The summed E-state index contributed by atoms with van der Waals surface area (Å²) in [6.07, 6.45) is 5.36. The summed E-state index contributed by atoms with van der Waals surface area (Å²) in [5.74, 6) is 0.358. The Kier molecular flexibility index (Phi) is 4.71. The van der Waals surface area contributed by atoms with Crippen LogP contribution in [0.1, 0.15) is 24.1 Å². The maximum Gasteiger partial charge on any atom is 0.247 e. The number of carbonyl (C=O) groups is 1. The zero-order valence-corrected chi connectivity index (χ0v) is 16.5. The molecule has 1 amide bonds. The number of aromatic nitrogens is 2. The van der Waals surface area contributed by atoms with Crippen molar-refractivity contribution >= 4 is 23.1 Å². The minimum atomic E-state index is -0.583. The molecule has 2 fully saturated rings. The van der Waals surface area contributed by atoms with E-state index in [2.05, 4.69) is 30.0 Å². The summed E-state index contributed by atoms with van der Waals surface area (Å²) in [6.45, 7) is 4.76. The van der Waals surface area contributed by atoms with E-state index in [0.29, 0.717) is 5.69 Å². The number of halogens is 1. The third kappa shape index (κ3) is 3.33. The molecule has 8 nitrogen and oxygen atoms in total. The monoisotopic (exact) mass is 407 g/mol. The lowest BCUT2D eigenvalue weighted by Crippen LogP contribution is -2.46. The number of hydrogen-bond donors (Lipinski definition) is 1. The van der Waals surface area contributed by atoms with Crippen LogP contribution in [0.5, 0.6) is 0 Å². The van der Waals surface area contributed by atoms with Gasteiger partial charge in [-0.3, -0.25) is 9.69 Å². The van der Waals surface area contributed by atoms with Crippen molar-refractivity contribution in [2.75, 3.05) is 47.8 Å². The maximum atomic E-state index is 13.9. The summed E-state index contributed by atoms with van der Waals surface area (Å²) in [7, 11) is 0. The van der Waals surface area contributed by atoms with Crippen molar-refractivity contribution in [1.29, 1.82) is 5.26 Å². The van der Waals surface area contributed by atoms with Crippen LogP contribution in [0.3, 0.4) is 0 Å². The second kappa shape index (κ2) is 7.54. The second-order valence-electron chi connectivity index (χ2n) is 7.95. The minimum absolute atomic E-state index is 0.0656. The summed E-state index contributed by atoms with van der Waals surface area (Å²) in [5, 5.41) is 11.8. The number of hydrogen-bond acceptors (Lipinski definition) is 7. The molecule has 0 aliphatic carbocycles. The first-order valence-electron chi connectivity index (χ1n) is 10.2. The van der Waals surface area contributed by atoms with Crippen molar-refractivity contribution < 1.29 is 9.18 Å². The van der Waals surface area contributed by atoms with Crippen LogP contribution in [0.15, 0.2) is 24.5 Å². The predicted octanol–water partition coefficient (Wildman–Crippen LogP) is 1.73. The third-order valence-electron chi connectivity index (χ3n) is 6.08.